The molecule has 0 aliphatic carbocycles. The van der Waals surface area contributed by atoms with Gasteiger partial charge in [0.15, 0.2) is 5.82 Å². The van der Waals surface area contributed by atoms with E-state index in [2.05, 4.69) is 15.6 Å². The summed E-state index contributed by atoms with van der Waals surface area (Å²) in [6.45, 7) is 7.44. The van der Waals surface area contributed by atoms with E-state index < -0.39 is 17.5 Å². The zero-order valence-corrected chi connectivity index (χ0v) is 14.8. The van der Waals surface area contributed by atoms with Crippen LogP contribution in [0.4, 0.5) is 14.9 Å². The van der Waals surface area contributed by atoms with Crippen molar-refractivity contribution in [2.45, 2.75) is 38.8 Å². The van der Waals surface area contributed by atoms with E-state index in [1.165, 1.54) is 12.4 Å². The van der Waals surface area contributed by atoms with E-state index in [9.17, 15) is 9.18 Å². The van der Waals surface area contributed by atoms with E-state index >= 15 is 0 Å². The van der Waals surface area contributed by atoms with Crippen molar-refractivity contribution >= 4 is 17.4 Å². The van der Waals surface area contributed by atoms with Crippen LogP contribution in [0.2, 0.25) is 0 Å². The average molecular weight is 349 g/mol. The van der Waals surface area contributed by atoms with Crippen molar-refractivity contribution in [2.24, 2.45) is 5.92 Å². The van der Waals surface area contributed by atoms with Crippen LogP contribution in [0.3, 0.4) is 0 Å². The molecule has 7 heteroatoms. The first-order chi connectivity index (χ1) is 11.8. The van der Waals surface area contributed by atoms with E-state index in [0.717, 1.165) is 18.8 Å². The second-order valence-electron chi connectivity index (χ2n) is 7.42. The number of rotatable bonds is 3. The Labute approximate surface area is 146 Å². The number of ether oxygens (including phenoxy) is 2. The molecule has 3 rings (SSSR count). The molecular weight excluding hydrogens is 325 g/mol. The third kappa shape index (κ3) is 4.35. The van der Waals surface area contributed by atoms with Gasteiger partial charge >= 0.3 is 6.09 Å². The van der Waals surface area contributed by atoms with Crippen LogP contribution < -0.4 is 10.6 Å². The van der Waals surface area contributed by atoms with Gasteiger partial charge in [0.1, 0.15) is 5.60 Å². The Hall–Kier alpha value is -1.99. The Morgan fingerprint density at radius 3 is 2.80 bits per heavy atom. The van der Waals surface area contributed by atoms with Gasteiger partial charge < -0.3 is 14.8 Å². The fraction of sp³-hybridized carbons (Fsp3) is 0.556. The van der Waals surface area contributed by atoms with Gasteiger partial charge in [-0.15, -0.1) is 0 Å². The lowest BCUT2D eigenvalue weighted by molar-refractivity contribution is -0.0486. The minimum Gasteiger partial charge on any atom is -0.444 e. The molecule has 1 aromatic heterocycles. The molecule has 0 aromatic carbocycles. The van der Waals surface area contributed by atoms with Crippen LogP contribution in [0, 0.1) is 11.7 Å². The molecule has 1 atom stereocenters. The number of carbonyl (C=O) groups excluding carboxylic acids is 1. The van der Waals surface area contributed by atoms with Gasteiger partial charge in [0.05, 0.1) is 31.3 Å². The lowest BCUT2D eigenvalue weighted by Gasteiger charge is -2.37. The van der Waals surface area contributed by atoms with Gasteiger partial charge in [-0.1, -0.05) is 6.08 Å². The van der Waals surface area contributed by atoms with Gasteiger partial charge in [-0.25, -0.2) is 9.18 Å². The SMILES string of the molecule is CC(C)(C)OC(=O)Nc1cncc(F)c1C1=CCNC(C2COC2)C1. The maximum absolute atomic E-state index is 14.5. The molecule has 0 bridgehead atoms. The maximum atomic E-state index is 14.5. The number of hydrogen-bond donors (Lipinski definition) is 2. The minimum absolute atomic E-state index is 0.246. The zero-order valence-electron chi connectivity index (χ0n) is 14.8. The number of carbonyl (C=O) groups is 1. The first-order valence-electron chi connectivity index (χ1n) is 8.47. The first kappa shape index (κ1) is 17.8. The van der Waals surface area contributed by atoms with Crippen LogP contribution in [0.15, 0.2) is 18.5 Å². The lowest BCUT2D eigenvalue weighted by Crippen LogP contribution is -2.47. The van der Waals surface area contributed by atoms with Gasteiger partial charge in [-0.2, -0.15) is 0 Å². The number of nitrogens with zero attached hydrogens (tertiary/aromatic N) is 1. The maximum Gasteiger partial charge on any atom is 0.412 e. The summed E-state index contributed by atoms with van der Waals surface area (Å²) in [7, 11) is 0. The molecular formula is C18H24FN3O3. The third-order valence-electron chi connectivity index (χ3n) is 4.26. The first-order valence-corrected chi connectivity index (χ1v) is 8.47. The average Bonchev–Trinajstić information content (AvgIpc) is 2.43. The molecule has 25 heavy (non-hydrogen) atoms. The topological polar surface area (TPSA) is 72.5 Å². The molecule has 1 unspecified atom stereocenters. The van der Waals surface area contributed by atoms with Crippen molar-refractivity contribution in [1.29, 1.82) is 0 Å². The normalized spacial score (nSPS) is 21.3. The highest BCUT2D eigenvalue weighted by Gasteiger charge is 2.31. The highest BCUT2D eigenvalue weighted by Crippen LogP contribution is 2.33. The molecule has 2 N–H and O–H groups in total. The lowest BCUT2D eigenvalue weighted by atomic mass is 9.87. The fourth-order valence-electron chi connectivity index (χ4n) is 3.02. The molecule has 0 spiro atoms. The Bertz CT molecular complexity index is 681. The number of aromatic nitrogens is 1. The second kappa shape index (κ2) is 7.09. The third-order valence-corrected chi connectivity index (χ3v) is 4.26. The highest BCUT2D eigenvalue weighted by atomic mass is 19.1. The highest BCUT2D eigenvalue weighted by molar-refractivity contribution is 5.90. The summed E-state index contributed by atoms with van der Waals surface area (Å²) in [5, 5.41) is 6.05. The van der Waals surface area contributed by atoms with Gasteiger partial charge in [0.25, 0.3) is 0 Å². The van der Waals surface area contributed by atoms with Crippen molar-refractivity contribution in [2.75, 3.05) is 25.1 Å². The summed E-state index contributed by atoms with van der Waals surface area (Å²) in [6, 6.07) is 0.246. The van der Waals surface area contributed by atoms with Crippen LogP contribution in [-0.4, -0.2) is 42.5 Å². The van der Waals surface area contributed by atoms with E-state index in [1.54, 1.807) is 20.8 Å². The number of hydrogen-bond acceptors (Lipinski definition) is 5. The second-order valence-corrected chi connectivity index (χ2v) is 7.42. The molecule has 1 fully saturated rings. The Morgan fingerprint density at radius 2 is 2.16 bits per heavy atom. The van der Waals surface area contributed by atoms with Crippen molar-refractivity contribution in [3.05, 3.63) is 29.9 Å². The van der Waals surface area contributed by atoms with Crippen LogP contribution in [-0.2, 0) is 9.47 Å². The Kier molecular flexibility index (Phi) is 5.06. The van der Waals surface area contributed by atoms with E-state index in [-0.39, 0.29) is 6.04 Å². The van der Waals surface area contributed by atoms with E-state index in [1.807, 2.05) is 6.08 Å². The van der Waals surface area contributed by atoms with Crippen LogP contribution in [0.1, 0.15) is 32.8 Å². The van der Waals surface area contributed by atoms with Crippen LogP contribution >= 0.6 is 0 Å². The van der Waals surface area contributed by atoms with Gasteiger partial charge in [0.2, 0.25) is 0 Å². The molecule has 0 radical (unpaired) electrons. The standard InChI is InChI=1S/C18H24FN3O3/c1-18(2,3)25-17(23)22-15-8-20-7-13(19)16(15)11-4-5-21-14(6-11)12-9-24-10-12/h4,7-8,12,14,21H,5-6,9-10H2,1-3H3,(H,22,23). The van der Waals surface area contributed by atoms with E-state index in [4.69, 9.17) is 9.47 Å². The predicted octanol–water partition coefficient (Wildman–Crippen LogP) is 2.96. The number of pyridine rings is 1. The molecule has 1 saturated heterocycles. The van der Waals surface area contributed by atoms with Gasteiger partial charge in [-0.3, -0.25) is 10.3 Å². The predicted molar refractivity (Wildman–Crippen MR) is 92.7 cm³/mol. The quantitative estimate of drug-likeness (QED) is 0.878. The zero-order chi connectivity index (χ0) is 18.0. The molecule has 1 amide bonds. The number of amides is 1. The number of halogens is 1. The molecule has 0 saturated carbocycles. The van der Waals surface area contributed by atoms with Gasteiger partial charge in [-0.05, 0) is 32.8 Å². The van der Waals surface area contributed by atoms with E-state index in [0.29, 0.717) is 30.1 Å². The molecule has 3 heterocycles. The largest absolute Gasteiger partial charge is 0.444 e. The number of nitrogens with one attached hydrogen (secondary N) is 2. The summed E-state index contributed by atoms with van der Waals surface area (Å²) in [4.78, 5) is 15.9. The van der Waals surface area contributed by atoms with Crippen molar-refractivity contribution in [3.8, 4) is 0 Å². The summed E-state index contributed by atoms with van der Waals surface area (Å²) >= 11 is 0. The van der Waals surface area contributed by atoms with Crippen molar-refractivity contribution in [3.63, 3.8) is 0 Å². The molecule has 6 nitrogen and oxygen atoms in total. The molecule has 2 aliphatic heterocycles. The summed E-state index contributed by atoms with van der Waals surface area (Å²) in [5.41, 5.74) is 0.939. The smallest absolute Gasteiger partial charge is 0.412 e. The molecule has 136 valence electrons. The summed E-state index contributed by atoms with van der Waals surface area (Å²) in [5.74, 6) is -0.0128. The van der Waals surface area contributed by atoms with Crippen LogP contribution in [0.5, 0.6) is 0 Å². The van der Waals surface area contributed by atoms with Crippen LogP contribution in [0.25, 0.3) is 5.57 Å². The number of anilines is 1. The minimum atomic E-state index is -0.631. The van der Waals surface area contributed by atoms with Crippen molar-refractivity contribution < 1.29 is 18.7 Å². The summed E-state index contributed by atoms with van der Waals surface area (Å²) in [6.07, 6.45) is 4.62. The summed E-state index contributed by atoms with van der Waals surface area (Å²) < 4.78 is 25.0. The Balaban J connectivity index is 1.81. The monoisotopic (exact) mass is 349 g/mol. The molecule has 1 aromatic rings. The Morgan fingerprint density at radius 1 is 1.40 bits per heavy atom. The fourth-order valence-corrected chi connectivity index (χ4v) is 3.02. The van der Waals surface area contributed by atoms with Gasteiger partial charge in [0, 0.05) is 24.1 Å². The molecule has 2 aliphatic rings. The van der Waals surface area contributed by atoms with Crippen molar-refractivity contribution in [1.82, 2.24) is 10.3 Å².